The van der Waals surface area contributed by atoms with Gasteiger partial charge in [-0.2, -0.15) is 13.2 Å². The maximum atomic E-state index is 13.6. The molecule has 4 nitrogen and oxygen atoms in total. The summed E-state index contributed by atoms with van der Waals surface area (Å²) in [5.74, 6) is -10.4. The van der Waals surface area contributed by atoms with Crippen LogP contribution in [-0.2, 0) is 9.59 Å². The Balaban J connectivity index is 2.43. The maximum absolute atomic E-state index is 13.6. The fraction of sp³-hybridized carbons (Fsp3) is 0.391. The summed E-state index contributed by atoms with van der Waals surface area (Å²) >= 11 is 11.9. The second-order valence-corrected chi connectivity index (χ2v) is 9.00. The summed E-state index contributed by atoms with van der Waals surface area (Å²) in [6.07, 6.45) is -6.10. The van der Waals surface area contributed by atoms with E-state index in [9.17, 15) is 31.5 Å². The van der Waals surface area contributed by atoms with Crippen LogP contribution in [0, 0.1) is 5.92 Å². The van der Waals surface area contributed by atoms with Crippen LogP contribution in [0.2, 0.25) is 10.0 Å². The van der Waals surface area contributed by atoms with E-state index < -0.39 is 54.6 Å². The van der Waals surface area contributed by atoms with E-state index in [-0.39, 0.29) is 26.9 Å². The monoisotopic (exact) mass is 525 g/mol. The number of aliphatic carboxylic acids is 1. The third-order valence-corrected chi connectivity index (χ3v) is 5.86. The number of halogens is 7. The predicted molar refractivity (Wildman–Crippen MR) is 120 cm³/mol. The SMILES string of the molecule is C[C@H]([C@H](C(=O)Nc1cc(C(CC(=O)O)CC(C)(F)F)ccc1Cl)c1ccc(Cl)cc1)C(F)(F)F. The van der Waals surface area contributed by atoms with Gasteiger partial charge in [-0.3, -0.25) is 9.59 Å². The Labute approximate surface area is 203 Å². The van der Waals surface area contributed by atoms with Gasteiger partial charge in [-0.1, -0.05) is 48.3 Å². The van der Waals surface area contributed by atoms with Gasteiger partial charge in [-0.15, -0.1) is 0 Å². The quantitative estimate of drug-likeness (QED) is 0.332. The van der Waals surface area contributed by atoms with Crippen molar-refractivity contribution < 1.29 is 36.6 Å². The van der Waals surface area contributed by atoms with Crippen LogP contribution in [0.5, 0.6) is 0 Å². The van der Waals surface area contributed by atoms with Gasteiger partial charge in [0.05, 0.1) is 29.0 Å². The van der Waals surface area contributed by atoms with Gasteiger partial charge >= 0.3 is 12.1 Å². The molecule has 0 bridgehead atoms. The molecule has 2 aromatic carbocycles. The fourth-order valence-electron chi connectivity index (χ4n) is 3.58. The van der Waals surface area contributed by atoms with Crippen LogP contribution in [0.1, 0.15) is 49.7 Å². The molecular weight excluding hydrogens is 504 g/mol. The Morgan fingerprint density at radius 2 is 1.56 bits per heavy atom. The molecule has 0 radical (unpaired) electrons. The predicted octanol–water partition coefficient (Wildman–Crippen LogP) is 7.52. The first-order chi connectivity index (χ1) is 15.6. The first-order valence-corrected chi connectivity index (χ1v) is 10.9. The molecule has 34 heavy (non-hydrogen) atoms. The Hall–Kier alpha value is -2.39. The van der Waals surface area contributed by atoms with Crippen molar-refractivity contribution in [2.24, 2.45) is 5.92 Å². The number of carbonyl (C=O) groups is 2. The summed E-state index contributed by atoms with van der Waals surface area (Å²) in [6, 6.07) is 9.13. The van der Waals surface area contributed by atoms with Gasteiger partial charge in [0.15, 0.2) is 0 Å². The second-order valence-electron chi connectivity index (χ2n) is 8.16. The largest absolute Gasteiger partial charge is 0.481 e. The third-order valence-electron chi connectivity index (χ3n) is 5.27. The smallest absolute Gasteiger partial charge is 0.392 e. The first-order valence-electron chi connectivity index (χ1n) is 10.1. The third kappa shape index (κ3) is 7.84. The zero-order valence-electron chi connectivity index (χ0n) is 18.1. The normalized spacial score (nSPS) is 14.9. The topological polar surface area (TPSA) is 66.4 Å². The summed E-state index contributed by atoms with van der Waals surface area (Å²) in [5, 5.41) is 11.7. The highest BCUT2D eigenvalue weighted by Crippen LogP contribution is 2.40. The average molecular weight is 526 g/mol. The van der Waals surface area contributed by atoms with Crippen LogP contribution < -0.4 is 5.32 Å². The molecule has 2 N–H and O–H groups in total. The minimum atomic E-state index is -4.70. The molecule has 0 spiro atoms. The van der Waals surface area contributed by atoms with Crippen molar-refractivity contribution in [3.8, 4) is 0 Å². The fourth-order valence-corrected chi connectivity index (χ4v) is 3.87. The van der Waals surface area contributed by atoms with E-state index in [2.05, 4.69) is 5.32 Å². The number of hydrogen-bond donors (Lipinski definition) is 2. The Kier molecular flexibility index (Phi) is 8.93. The lowest BCUT2D eigenvalue weighted by Gasteiger charge is -2.26. The van der Waals surface area contributed by atoms with Gasteiger partial charge in [0, 0.05) is 17.4 Å². The van der Waals surface area contributed by atoms with E-state index in [1.165, 1.54) is 42.5 Å². The minimum absolute atomic E-state index is 0.0519. The molecule has 2 aromatic rings. The average Bonchev–Trinajstić information content (AvgIpc) is 2.68. The summed E-state index contributed by atoms with van der Waals surface area (Å²) in [4.78, 5) is 24.2. The molecular formula is C23H22Cl2F5NO3. The van der Waals surface area contributed by atoms with E-state index in [0.29, 0.717) is 6.92 Å². The molecule has 186 valence electrons. The van der Waals surface area contributed by atoms with Crippen molar-refractivity contribution >= 4 is 40.8 Å². The number of carboxylic acids is 1. The van der Waals surface area contributed by atoms with Crippen LogP contribution >= 0.6 is 23.2 Å². The molecule has 1 amide bonds. The highest BCUT2D eigenvalue weighted by molar-refractivity contribution is 6.33. The Morgan fingerprint density at radius 3 is 2.06 bits per heavy atom. The molecule has 0 saturated heterocycles. The lowest BCUT2D eigenvalue weighted by molar-refractivity contribution is -0.178. The minimum Gasteiger partial charge on any atom is -0.481 e. The summed E-state index contributed by atoms with van der Waals surface area (Å²) in [7, 11) is 0. The van der Waals surface area contributed by atoms with Crippen molar-refractivity contribution in [2.45, 2.75) is 50.6 Å². The van der Waals surface area contributed by atoms with E-state index >= 15 is 0 Å². The number of rotatable bonds is 9. The van der Waals surface area contributed by atoms with Gasteiger partial charge in [-0.25, -0.2) is 8.78 Å². The molecule has 0 aliphatic rings. The molecule has 0 aromatic heterocycles. The molecule has 0 aliphatic heterocycles. The van der Waals surface area contributed by atoms with Crippen molar-refractivity contribution in [1.82, 2.24) is 0 Å². The summed E-state index contributed by atoms with van der Waals surface area (Å²) in [6.45, 7) is 1.51. The van der Waals surface area contributed by atoms with Gasteiger partial charge in [0.25, 0.3) is 0 Å². The van der Waals surface area contributed by atoms with Gasteiger partial charge in [0.1, 0.15) is 0 Å². The Morgan fingerprint density at radius 1 is 1.00 bits per heavy atom. The highest BCUT2D eigenvalue weighted by Gasteiger charge is 2.45. The van der Waals surface area contributed by atoms with Crippen LogP contribution in [-0.4, -0.2) is 29.1 Å². The zero-order chi connectivity index (χ0) is 25.8. The van der Waals surface area contributed by atoms with Crippen molar-refractivity contribution in [3.05, 3.63) is 63.6 Å². The molecule has 2 rings (SSSR count). The summed E-state index contributed by atoms with van der Waals surface area (Å²) in [5.41, 5.74) is 0.0937. The lowest BCUT2D eigenvalue weighted by atomic mass is 9.85. The van der Waals surface area contributed by atoms with Gasteiger partial charge in [0.2, 0.25) is 11.8 Å². The molecule has 0 heterocycles. The molecule has 0 fully saturated rings. The molecule has 0 saturated carbocycles. The number of alkyl halides is 5. The number of nitrogens with one attached hydrogen (secondary N) is 1. The van der Waals surface area contributed by atoms with E-state index in [1.807, 2.05) is 0 Å². The number of amides is 1. The second kappa shape index (κ2) is 10.9. The Bertz CT molecular complexity index is 1020. The van der Waals surface area contributed by atoms with Gasteiger partial charge < -0.3 is 10.4 Å². The number of benzene rings is 2. The van der Waals surface area contributed by atoms with Crippen LogP contribution in [0.3, 0.4) is 0 Å². The number of carboxylic acid groups (broad SMARTS) is 1. The maximum Gasteiger partial charge on any atom is 0.392 e. The standard InChI is InChI=1S/C23H22Cl2F5NO3/c1-12(23(28,29)30)20(13-3-6-16(24)7-4-13)21(34)31-18-9-14(5-8-17(18)25)15(10-19(32)33)11-22(2,26)27/h3-9,12,15,20H,10-11H2,1-2H3,(H,31,34)(H,32,33)/t12-,15?,20+/m1/s1. The van der Waals surface area contributed by atoms with Crippen LogP contribution in [0.15, 0.2) is 42.5 Å². The molecule has 1 unspecified atom stereocenters. The van der Waals surface area contributed by atoms with Crippen LogP contribution in [0.4, 0.5) is 27.6 Å². The van der Waals surface area contributed by atoms with Gasteiger partial charge in [-0.05, 0) is 42.3 Å². The van der Waals surface area contributed by atoms with E-state index in [0.717, 1.165) is 6.92 Å². The zero-order valence-corrected chi connectivity index (χ0v) is 19.6. The highest BCUT2D eigenvalue weighted by atomic mass is 35.5. The summed E-state index contributed by atoms with van der Waals surface area (Å²) < 4.78 is 67.8. The number of hydrogen-bond acceptors (Lipinski definition) is 2. The number of anilines is 1. The molecule has 0 aliphatic carbocycles. The van der Waals surface area contributed by atoms with Crippen LogP contribution in [0.25, 0.3) is 0 Å². The molecule has 11 heteroatoms. The van der Waals surface area contributed by atoms with Crippen molar-refractivity contribution in [1.29, 1.82) is 0 Å². The van der Waals surface area contributed by atoms with E-state index in [4.69, 9.17) is 28.3 Å². The first kappa shape index (κ1) is 27.9. The lowest BCUT2D eigenvalue weighted by Crippen LogP contribution is -2.34. The van der Waals surface area contributed by atoms with Crippen molar-refractivity contribution in [3.63, 3.8) is 0 Å². The molecule has 3 atom stereocenters. The van der Waals surface area contributed by atoms with Crippen molar-refractivity contribution in [2.75, 3.05) is 5.32 Å². The number of carbonyl (C=O) groups excluding carboxylic acids is 1. The van der Waals surface area contributed by atoms with E-state index in [1.54, 1.807) is 0 Å².